The number of benzene rings is 1. The number of aryl methyl sites for hydroxylation is 2. The Morgan fingerprint density at radius 1 is 1.25 bits per heavy atom. The minimum atomic E-state index is 0. The first kappa shape index (κ1) is 15.3. The van der Waals surface area contributed by atoms with Crippen molar-refractivity contribution in [3.05, 3.63) is 35.4 Å². The number of rotatable bonds is 3. The number of likely N-dealkylation sites (tertiary alicyclic amines) is 1. The van der Waals surface area contributed by atoms with E-state index >= 15 is 0 Å². The second-order valence-corrected chi connectivity index (χ2v) is 5.90. The van der Waals surface area contributed by atoms with Gasteiger partial charge in [0.05, 0.1) is 0 Å². The lowest BCUT2D eigenvalue weighted by Gasteiger charge is -2.17. The van der Waals surface area contributed by atoms with E-state index in [1.54, 1.807) is 0 Å². The van der Waals surface area contributed by atoms with Gasteiger partial charge in [0.2, 0.25) is 5.91 Å². The molecule has 0 aromatic heterocycles. The number of fused-ring (bicyclic) bond motifs is 1. The van der Waals surface area contributed by atoms with E-state index < -0.39 is 0 Å². The molecule has 2 saturated heterocycles. The van der Waals surface area contributed by atoms with Crippen LogP contribution in [0.5, 0.6) is 0 Å². The van der Waals surface area contributed by atoms with Gasteiger partial charge < -0.3 is 10.2 Å². The first-order valence-electron chi connectivity index (χ1n) is 7.27. The van der Waals surface area contributed by atoms with Crippen LogP contribution in [-0.2, 0) is 11.2 Å². The van der Waals surface area contributed by atoms with Crippen LogP contribution in [0.25, 0.3) is 0 Å². The molecular formula is C16H23ClN2O. The van der Waals surface area contributed by atoms with Crippen molar-refractivity contribution in [1.29, 1.82) is 0 Å². The molecule has 110 valence electrons. The average molecular weight is 295 g/mol. The zero-order chi connectivity index (χ0) is 13.2. The summed E-state index contributed by atoms with van der Waals surface area (Å²) in [5.74, 6) is 1.72. The molecule has 0 spiro atoms. The fourth-order valence-electron chi connectivity index (χ4n) is 3.35. The third-order valence-electron chi connectivity index (χ3n) is 4.61. The van der Waals surface area contributed by atoms with Gasteiger partial charge in [-0.25, -0.2) is 0 Å². The van der Waals surface area contributed by atoms with Gasteiger partial charge in [-0.3, -0.25) is 4.79 Å². The van der Waals surface area contributed by atoms with Gasteiger partial charge in [0.15, 0.2) is 0 Å². The molecular weight excluding hydrogens is 272 g/mol. The first-order chi connectivity index (χ1) is 9.24. The average Bonchev–Trinajstić information content (AvgIpc) is 2.98. The van der Waals surface area contributed by atoms with Gasteiger partial charge in [0.1, 0.15) is 0 Å². The monoisotopic (exact) mass is 294 g/mol. The summed E-state index contributed by atoms with van der Waals surface area (Å²) >= 11 is 0. The lowest BCUT2D eigenvalue weighted by Crippen LogP contribution is -2.32. The molecule has 0 radical (unpaired) electrons. The van der Waals surface area contributed by atoms with Crippen LogP contribution >= 0.6 is 12.4 Å². The molecule has 0 saturated carbocycles. The number of hydrogen-bond acceptors (Lipinski definition) is 2. The molecule has 0 bridgehead atoms. The number of nitrogens with one attached hydrogen (secondary N) is 1. The predicted octanol–water partition coefficient (Wildman–Crippen LogP) is 2.03. The summed E-state index contributed by atoms with van der Waals surface area (Å²) in [7, 11) is 0. The summed E-state index contributed by atoms with van der Waals surface area (Å²) in [6.45, 7) is 6.22. The molecule has 2 heterocycles. The van der Waals surface area contributed by atoms with Crippen LogP contribution in [0.2, 0.25) is 0 Å². The molecule has 0 unspecified atom stereocenters. The van der Waals surface area contributed by atoms with Crippen molar-refractivity contribution in [1.82, 2.24) is 10.2 Å². The molecule has 3 nitrogen and oxygen atoms in total. The van der Waals surface area contributed by atoms with E-state index in [0.717, 1.165) is 32.6 Å². The summed E-state index contributed by atoms with van der Waals surface area (Å²) in [4.78, 5) is 14.3. The molecule has 2 aliphatic rings. The smallest absolute Gasteiger partial charge is 0.222 e. The maximum atomic E-state index is 12.3. The van der Waals surface area contributed by atoms with Crippen molar-refractivity contribution in [2.24, 2.45) is 11.8 Å². The highest BCUT2D eigenvalue weighted by Crippen LogP contribution is 2.26. The molecule has 1 amide bonds. The van der Waals surface area contributed by atoms with E-state index in [4.69, 9.17) is 0 Å². The van der Waals surface area contributed by atoms with Gasteiger partial charge in [-0.05, 0) is 36.3 Å². The lowest BCUT2D eigenvalue weighted by molar-refractivity contribution is -0.130. The number of carbonyl (C=O) groups excluding carboxylic acids is 1. The van der Waals surface area contributed by atoms with Gasteiger partial charge in [0.25, 0.3) is 0 Å². The summed E-state index contributed by atoms with van der Waals surface area (Å²) in [6, 6.07) is 8.35. The SMILES string of the molecule is Cc1ccccc1CCC(=O)N1C[C@H]2CNC[C@H]2C1.Cl. The largest absolute Gasteiger partial charge is 0.342 e. The molecule has 1 N–H and O–H groups in total. The van der Waals surface area contributed by atoms with E-state index in [1.165, 1.54) is 11.1 Å². The normalized spacial score (nSPS) is 24.4. The number of carbonyl (C=O) groups is 1. The molecule has 20 heavy (non-hydrogen) atoms. The fraction of sp³-hybridized carbons (Fsp3) is 0.562. The molecule has 2 aliphatic heterocycles. The van der Waals surface area contributed by atoms with E-state index in [0.29, 0.717) is 24.2 Å². The number of hydrogen-bond donors (Lipinski definition) is 1. The quantitative estimate of drug-likeness (QED) is 0.925. The molecule has 2 fully saturated rings. The highest BCUT2D eigenvalue weighted by molar-refractivity contribution is 5.85. The van der Waals surface area contributed by atoms with Crippen molar-refractivity contribution in [2.75, 3.05) is 26.2 Å². The first-order valence-corrected chi connectivity index (χ1v) is 7.27. The minimum Gasteiger partial charge on any atom is -0.342 e. The predicted molar refractivity (Wildman–Crippen MR) is 83.2 cm³/mol. The van der Waals surface area contributed by atoms with Crippen molar-refractivity contribution in [3.63, 3.8) is 0 Å². The Kier molecular flexibility index (Phi) is 5.06. The van der Waals surface area contributed by atoms with E-state index in [-0.39, 0.29) is 12.4 Å². The molecule has 2 atom stereocenters. The Morgan fingerprint density at radius 2 is 1.90 bits per heavy atom. The number of amides is 1. The van der Waals surface area contributed by atoms with Gasteiger partial charge >= 0.3 is 0 Å². The van der Waals surface area contributed by atoms with Crippen LogP contribution < -0.4 is 5.32 Å². The van der Waals surface area contributed by atoms with Crippen LogP contribution in [-0.4, -0.2) is 37.0 Å². The maximum absolute atomic E-state index is 12.3. The standard InChI is InChI=1S/C16H22N2O.ClH/c1-12-4-2-3-5-13(12)6-7-16(19)18-10-14-8-17-9-15(14)11-18;/h2-5,14-15,17H,6-11H2,1H3;1H/t14-,15+;. The number of halogens is 1. The highest BCUT2D eigenvalue weighted by Gasteiger charge is 2.37. The Hall–Kier alpha value is -1.06. The van der Waals surface area contributed by atoms with Gasteiger partial charge in [-0.2, -0.15) is 0 Å². The Labute approximate surface area is 127 Å². The van der Waals surface area contributed by atoms with Crippen LogP contribution in [0.3, 0.4) is 0 Å². The van der Waals surface area contributed by atoms with Crippen LogP contribution in [0.15, 0.2) is 24.3 Å². The van der Waals surface area contributed by atoms with Crippen molar-refractivity contribution in [3.8, 4) is 0 Å². The topological polar surface area (TPSA) is 32.3 Å². The summed E-state index contributed by atoms with van der Waals surface area (Å²) < 4.78 is 0. The van der Waals surface area contributed by atoms with Crippen molar-refractivity contribution >= 4 is 18.3 Å². The third kappa shape index (κ3) is 3.15. The fourth-order valence-corrected chi connectivity index (χ4v) is 3.35. The van der Waals surface area contributed by atoms with Gasteiger partial charge in [-0.15, -0.1) is 12.4 Å². The van der Waals surface area contributed by atoms with Crippen molar-refractivity contribution < 1.29 is 4.79 Å². The zero-order valence-corrected chi connectivity index (χ0v) is 12.8. The van der Waals surface area contributed by atoms with Gasteiger partial charge in [-0.1, -0.05) is 24.3 Å². The second kappa shape index (κ2) is 6.59. The summed E-state index contributed by atoms with van der Waals surface area (Å²) in [5.41, 5.74) is 2.59. The lowest BCUT2D eigenvalue weighted by atomic mass is 10.0. The van der Waals surface area contributed by atoms with E-state index in [1.807, 2.05) is 0 Å². The third-order valence-corrected chi connectivity index (χ3v) is 4.61. The van der Waals surface area contributed by atoms with Crippen LogP contribution in [0.4, 0.5) is 0 Å². The van der Waals surface area contributed by atoms with E-state index in [2.05, 4.69) is 41.4 Å². The Morgan fingerprint density at radius 3 is 2.55 bits per heavy atom. The van der Waals surface area contributed by atoms with Gasteiger partial charge in [0, 0.05) is 32.6 Å². The van der Waals surface area contributed by atoms with E-state index in [9.17, 15) is 4.79 Å². The summed E-state index contributed by atoms with van der Waals surface area (Å²) in [5, 5.41) is 3.41. The Bertz CT molecular complexity index is 465. The highest BCUT2D eigenvalue weighted by atomic mass is 35.5. The number of nitrogens with zero attached hydrogens (tertiary/aromatic N) is 1. The maximum Gasteiger partial charge on any atom is 0.222 e. The summed E-state index contributed by atoms with van der Waals surface area (Å²) in [6.07, 6.45) is 1.52. The minimum absolute atomic E-state index is 0. The molecule has 3 rings (SSSR count). The van der Waals surface area contributed by atoms with Crippen LogP contribution in [0, 0.1) is 18.8 Å². The second-order valence-electron chi connectivity index (χ2n) is 5.90. The molecule has 4 heteroatoms. The molecule has 0 aliphatic carbocycles. The zero-order valence-electron chi connectivity index (χ0n) is 12.0. The molecule has 1 aromatic carbocycles. The van der Waals surface area contributed by atoms with Crippen LogP contribution in [0.1, 0.15) is 17.5 Å². The molecule has 1 aromatic rings. The van der Waals surface area contributed by atoms with Crippen molar-refractivity contribution in [2.45, 2.75) is 19.8 Å². The Balaban J connectivity index is 0.00000147.